The van der Waals surface area contributed by atoms with E-state index in [1.54, 1.807) is 24.1 Å². The Hall–Kier alpha value is -2.34. The molecule has 0 bridgehead atoms. The second-order valence-corrected chi connectivity index (χ2v) is 11.9. The van der Waals surface area contributed by atoms with E-state index in [1.807, 2.05) is 12.1 Å². The molecule has 0 atom stereocenters. The van der Waals surface area contributed by atoms with Gasteiger partial charge in [-0.2, -0.15) is 13.2 Å². The average Bonchev–Trinajstić information content (AvgIpc) is 3.23. The third-order valence-corrected chi connectivity index (χ3v) is 9.29. The van der Waals surface area contributed by atoms with Crippen molar-refractivity contribution in [1.82, 2.24) is 19.8 Å². The summed E-state index contributed by atoms with van der Waals surface area (Å²) in [6.45, 7) is 2.58. The van der Waals surface area contributed by atoms with Crippen LogP contribution in [0.3, 0.4) is 0 Å². The van der Waals surface area contributed by atoms with Gasteiger partial charge < -0.3 is 15.1 Å². The van der Waals surface area contributed by atoms with Gasteiger partial charge in [-0.15, -0.1) is 23.1 Å². The number of nitrogens with zero attached hydrogens (tertiary/aromatic N) is 4. The molecule has 0 radical (unpaired) electrons. The average molecular weight is 568 g/mol. The Bertz CT molecular complexity index is 1320. The van der Waals surface area contributed by atoms with Gasteiger partial charge in [0, 0.05) is 30.4 Å². The molecule has 12 heteroatoms. The van der Waals surface area contributed by atoms with Crippen LogP contribution in [0.4, 0.5) is 24.8 Å². The second kappa shape index (κ2) is 10.4. The summed E-state index contributed by atoms with van der Waals surface area (Å²) in [5.41, 5.74) is 0.445. The number of carbonyl (C=O) groups excluding carboxylic acids is 1. The number of aromatic nitrogens is 2. The summed E-state index contributed by atoms with van der Waals surface area (Å²) >= 11 is 8.91. The number of piperidine rings is 1. The van der Waals surface area contributed by atoms with E-state index >= 15 is 0 Å². The van der Waals surface area contributed by atoms with E-state index in [-0.39, 0.29) is 22.4 Å². The molecular weight excluding hydrogens is 543 g/mol. The fourth-order valence-corrected chi connectivity index (χ4v) is 7.10. The zero-order valence-corrected chi connectivity index (χ0v) is 22.6. The third-order valence-electron chi connectivity index (χ3n) is 6.68. The first-order chi connectivity index (χ1) is 17.6. The summed E-state index contributed by atoms with van der Waals surface area (Å²) in [7, 11) is 3.79. The number of fused-ring (bicyclic) bond motifs is 1. The first-order valence-corrected chi connectivity index (χ1v) is 14.0. The van der Waals surface area contributed by atoms with Crippen molar-refractivity contribution in [3.63, 3.8) is 0 Å². The van der Waals surface area contributed by atoms with E-state index in [2.05, 4.69) is 27.2 Å². The summed E-state index contributed by atoms with van der Waals surface area (Å²) in [6.07, 6.45) is -1.83. The number of halogens is 4. The topological polar surface area (TPSA) is 61.4 Å². The minimum Gasteiger partial charge on any atom is -0.340 e. The molecule has 5 rings (SSSR count). The molecule has 1 N–H and O–H groups in total. The Labute approximate surface area is 226 Å². The highest BCUT2D eigenvalue weighted by Crippen LogP contribution is 2.43. The number of thiophene rings is 1. The number of benzene rings is 1. The minimum atomic E-state index is -4.66. The maximum Gasteiger partial charge on any atom is 0.420 e. The van der Waals surface area contributed by atoms with Crippen molar-refractivity contribution >= 4 is 52.2 Å². The molecule has 0 aliphatic carbocycles. The number of hydrogen-bond donors (Lipinski definition) is 1. The van der Waals surface area contributed by atoms with E-state index in [9.17, 15) is 18.0 Å². The molecule has 1 amide bonds. The van der Waals surface area contributed by atoms with Gasteiger partial charge in [0.15, 0.2) is 0 Å². The monoisotopic (exact) mass is 567 g/mol. The van der Waals surface area contributed by atoms with Crippen LogP contribution in [0.2, 0.25) is 5.02 Å². The summed E-state index contributed by atoms with van der Waals surface area (Å²) < 4.78 is 41.8. The summed E-state index contributed by atoms with van der Waals surface area (Å²) in [4.78, 5) is 26.2. The number of anilines is 2. The van der Waals surface area contributed by atoms with Gasteiger partial charge in [0.1, 0.15) is 10.4 Å². The first-order valence-electron chi connectivity index (χ1n) is 11.8. The Morgan fingerprint density at radius 3 is 2.62 bits per heavy atom. The fraction of sp³-hybridized carbons (Fsp3) is 0.400. The number of hydrogen-bond acceptors (Lipinski definition) is 7. The van der Waals surface area contributed by atoms with Gasteiger partial charge in [0.2, 0.25) is 5.95 Å². The SMILES string of the molecule is CN1CCC(c2ccc(Cl)c(Nc3ncc(C(F)(F)F)c(-c4cc5c(s4)C(=O)N(C)CCS5)n3)c2)CC1. The van der Waals surface area contributed by atoms with Crippen LogP contribution < -0.4 is 5.32 Å². The van der Waals surface area contributed by atoms with Crippen LogP contribution in [-0.4, -0.2) is 65.2 Å². The normalized spacial score (nSPS) is 17.6. The predicted molar refractivity (Wildman–Crippen MR) is 142 cm³/mol. The Kier molecular flexibility index (Phi) is 7.41. The van der Waals surface area contributed by atoms with Crippen molar-refractivity contribution in [3.8, 4) is 10.6 Å². The molecule has 1 saturated heterocycles. The van der Waals surface area contributed by atoms with E-state index < -0.39 is 11.7 Å². The lowest BCUT2D eigenvalue weighted by Gasteiger charge is -2.29. The first kappa shape index (κ1) is 26.3. The largest absolute Gasteiger partial charge is 0.420 e. The lowest BCUT2D eigenvalue weighted by molar-refractivity contribution is -0.137. The molecule has 0 unspecified atom stereocenters. The molecule has 37 heavy (non-hydrogen) atoms. The lowest BCUT2D eigenvalue weighted by atomic mass is 9.89. The van der Waals surface area contributed by atoms with E-state index in [0.717, 1.165) is 49.0 Å². The van der Waals surface area contributed by atoms with Crippen molar-refractivity contribution in [3.05, 3.63) is 51.5 Å². The van der Waals surface area contributed by atoms with Crippen LogP contribution in [0, 0.1) is 0 Å². The van der Waals surface area contributed by atoms with Gasteiger partial charge in [-0.3, -0.25) is 4.79 Å². The van der Waals surface area contributed by atoms with Crippen molar-refractivity contribution in [2.24, 2.45) is 0 Å². The van der Waals surface area contributed by atoms with Gasteiger partial charge in [-0.25, -0.2) is 9.97 Å². The minimum absolute atomic E-state index is 0.00474. The molecule has 3 aromatic rings. The molecular formula is C25H25ClF3N5OS2. The zero-order chi connectivity index (χ0) is 26.3. The molecule has 2 aromatic heterocycles. The molecule has 4 heterocycles. The number of rotatable bonds is 4. The van der Waals surface area contributed by atoms with Crippen LogP contribution in [0.1, 0.15) is 39.6 Å². The van der Waals surface area contributed by atoms with Crippen molar-refractivity contribution < 1.29 is 18.0 Å². The van der Waals surface area contributed by atoms with Crippen LogP contribution in [-0.2, 0) is 6.18 Å². The lowest BCUT2D eigenvalue weighted by Crippen LogP contribution is -2.29. The maximum atomic E-state index is 13.9. The molecule has 196 valence electrons. The number of thioether (sulfide) groups is 1. The van der Waals surface area contributed by atoms with Crippen molar-refractivity contribution in [1.29, 1.82) is 0 Å². The quantitative estimate of drug-likeness (QED) is 0.383. The van der Waals surface area contributed by atoms with E-state index in [4.69, 9.17) is 11.6 Å². The molecule has 0 saturated carbocycles. The maximum absolute atomic E-state index is 13.9. The summed E-state index contributed by atoms with van der Waals surface area (Å²) in [5.74, 6) is 0.855. The van der Waals surface area contributed by atoms with Gasteiger partial charge >= 0.3 is 6.18 Å². The number of likely N-dealkylation sites (tertiary alicyclic amines) is 1. The molecule has 0 spiro atoms. The number of nitrogens with one attached hydrogen (secondary N) is 1. The van der Waals surface area contributed by atoms with Gasteiger partial charge in [0.25, 0.3) is 5.91 Å². The predicted octanol–water partition coefficient (Wildman–Crippen LogP) is 6.61. The Morgan fingerprint density at radius 2 is 1.89 bits per heavy atom. The van der Waals surface area contributed by atoms with Gasteiger partial charge in [0.05, 0.1) is 21.3 Å². The number of amides is 1. The third kappa shape index (κ3) is 5.59. The number of carbonyl (C=O) groups is 1. The molecule has 2 aliphatic rings. The van der Waals surface area contributed by atoms with Crippen LogP contribution in [0.25, 0.3) is 10.6 Å². The second-order valence-electron chi connectivity index (χ2n) is 9.27. The van der Waals surface area contributed by atoms with Crippen LogP contribution in [0.15, 0.2) is 35.4 Å². The van der Waals surface area contributed by atoms with E-state index in [1.165, 1.54) is 11.8 Å². The summed E-state index contributed by atoms with van der Waals surface area (Å²) in [5, 5.41) is 3.45. The van der Waals surface area contributed by atoms with Crippen LogP contribution >= 0.6 is 34.7 Å². The van der Waals surface area contributed by atoms with E-state index in [0.29, 0.717) is 38.7 Å². The zero-order valence-electron chi connectivity index (χ0n) is 20.2. The highest BCUT2D eigenvalue weighted by atomic mass is 35.5. The Balaban J connectivity index is 1.50. The molecule has 1 fully saturated rings. The standard InChI is InChI=1S/C25H25ClF3N5OS2/c1-33-7-5-14(6-8-33)15-3-4-17(26)18(11-15)31-24-30-13-16(25(27,28)29)21(32-24)19-12-20-22(37-19)23(35)34(2)9-10-36-20/h3-4,11-14H,5-10H2,1-2H3,(H,30,31,32). The van der Waals surface area contributed by atoms with Gasteiger partial charge in [-0.1, -0.05) is 17.7 Å². The fourth-order valence-electron chi connectivity index (χ4n) is 4.51. The highest BCUT2D eigenvalue weighted by molar-refractivity contribution is 7.99. The molecule has 1 aromatic carbocycles. The smallest absolute Gasteiger partial charge is 0.340 e. The highest BCUT2D eigenvalue weighted by Gasteiger charge is 2.37. The van der Waals surface area contributed by atoms with Crippen LogP contribution in [0.5, 0.6) is 0 Å². The van der Waals surface area contributed by atoms with Crippen molar-refractivity contribution in [2.45, 2.75) is 29.8 Å². The summed E-state index contributed by atoms with van der Waals surface area (Å²) in [6, 6.07) is 7.33. The Morgan fingerprint density at radius 1 is 1.14 bits per heavy atom. The number of alkyl halides is 3. The van der Waals surface area contributed by atoms with Crippen molar-refractivity contribution in [2.75, 3.05) is 44.8 Å². The molecule has 6 nitrogen and oxygen atoms in total. The van der Waals surface area contributed by atoms with Gasteiger partial charge in [-0.05, 0) is 62.7 Å². The molecule has 2 aliphatic heterocycles.